The van der Waals surface area contributed by atoms with Gasteiger partial charge < -0.3 is 25.0 Å². The van der Waals surface area contributed by atoms with Crippen molar-refractivity contribution in [2.45, 2.75) is 45.8 Å². The number of pyridine rings is 2. The summed E-state index contributed by atoms with van der Waals surface area (Å²) >= 11 is 1.46. The third-order valence-corrected chi connectivity index (χ3v) is 7.07. The van der Waals surface area contributed by atoms with E-state index in [1.165, 1.54) is 23.6 Å². The van der Waals surface area contributed by atoms with Gasteiger partial charge >= 0.3 is 5.97 Å². The van der Waals surface area contributed by atoms with Gasteiger partial charge in [-0.3, -0.25) is 4.79 Å². The summed E-state index contributed by atoms with van der Waals surface area (Å²) in [7, 11) is 0. The van der Waals surface area contributed by atoms with Gasteiger partial charge in [0.25, 0.3) is 0 Å². The Morgan fingerprint density at radius 3 is 2.62 bits per heavy atom. The summed E-state index contributed by atoms with van der Waals surface area (Å²) in [6, 6.07) is 7.53. The molecule has 12 heteroatoms. The molecule has 0 aliphatic carbocycles. The van der Waals surface area contributed by atoms with Gasteiger partial charge in [0.2, 0.25) is 0 Å². The van der Waals surface area contributed by atoms with Crippen LogP contribution in [0.25, 0.3) is 0 Å². The molecule has 3 aromatic rings. The van der Waals surface area contributed by atoms with Gasteiger partial charge in [0.05, 0.1) is 43.1 Å². The van der Waals surface area contributed by atoms with E-state index in [0.29, 0.717) is 26.3 Å². The topological polar surface area (TPSA) is 112 Å². The van der Waals surface area contributed by atoms with E-state index in [9.17, 15) is 14.4 Å². The minimum atomic E-state index is -0.736. The molecule has 9 nitrogen and oxygen atoms in total. The Balaban J connectivity index is 1.58. The van der Waals surface area contributed by atoms with Gasteiger partial charge in [-0.2, -0.15) is 5.26 Å². The van der Waals surface area contributed by atoms with E-state index in [1.54, 1.807) is 25.7 Å². The molecular formula is C28H32F2N6O3S. The number of ether oxygens (including phenoxy) is 2. The van der Waals surface area contributed by atoms with Crippen LogP contribution in [-0.2, 0) is 14.3 Å². The molecule has 0 bridgehead atoms. The van der Waals surface area contributed by atoms with Crippen LogP contribution in [0.15, 0.2) is 35.8 Å². The summed E-state index contributed by atoms with van der Waals surface area (Å²) in [6.45, 7) is 9.30. The number of thiophene rings is 1. The molecule has 2 atom stereocenters. The lowest BCUT2D eigenvalue weighted by Crippen LogP contribution is -2.37. The number of nitriles is 1. The lowest BCUT2D eigenvalue weighted by molar-refractivity contribution is -0.155. The highest BCUT2D eigenvalue weighted by Crippen LogP contribution is 2.34. The zero-order chi connectivity index (χ0) is 28.9. The molecule has 1 fully saturated rings. The van der Waals surface area contributed by atoms with Crippen LogP contribution in [0.3, 0.4) is 0 Å². The van der Waals surface area contributed by atoms with Crippen molar-refractivity contribution in [1.82, 2.24) is 9.97 Å². The number of anilines is 4. The molecule has 212 valence electrons. The van der Waals surface area contributed by atoms with Crippen LogP contribution in [0.1, 0.15) is 50.6 Å². The molecule has 1 aliphatic heterocycles. The number of esters is 1. The molecule has 0 saturated carbocycles. The highest BCUT2D eigenvalue weighted by molar-refractivity contribution is 7.10. The molecular weight excluding hydrogens is 538 g/mol. The van der Waals surface area contributed by atoms with Crippen molar-refractivity contribution in [2.75, 3.05) is 41.8 Å². The fourth-order valence-electron chi connectivity index (χ4n) is 4.29. The standard InChI is InChI=1S/C28H32F2N6O3S/c1-17(12-23(37)39-28(2,3)4)24(22-6-5-11-40-22)34-26-20(29)13-18(15-31)25(35-26)33-19-14-21(30)27(32-16-19)36-7-9-38-10-8-36/h5-6,11,13-14,16-17,24H,7-10,12H2,1-4H3,(H2,33,34,35)/t17-,24+/m1/s1. The molecule has 1 aliphatic rings. The summed E-state index contributed by atoms with van der Waals surface area (Å²) in [5, 5.41) is 17.5. The molecule has 0 radical (unpaired) electrons. The second kappa shape index (κ2) is 12.6. The Kier molecular flexibility index (Phi) is 9.17. The first-order valence-corrected chi connectivity index (χ1v) is 13.8. The third-order valence-electron chi connectivity index (χ3n) is 6.11. The number of nitrogens with one attached hydrogen (secondary N) is 2. The molecule has 0 amide bonds. The molecule has 0 unspecified atom stereocenters. The minimum absolute atomic E-state index is 0.0384. The Morgan fingerprint density at radius 2 is 2.00 bits per heavy atom. The molecule has 40 heavy (non-hydrogen) atoms. The Labute approximate surface area is 236 Å². The van der Waals surface area contributed by atoms with Crippen LogP contribution in [-0.4, -0.2) is 47.8 Å². The first-order valence-electron chi connectivity index (χ1n) is 12.9. The van der Waals surface area contributed by atoms with E-state index < -0.39 is 23.3 Å². The highest BCUT2D eigenvalue weighted by atomic mass is 32.1. The number of carbonyl (C=O) groups excluding carboxylic acids is 1. The maximum absolute atomic E-state index is 15.1. The van der Waals surface area contributed by atoms with Crippen molar-refractivity contribution in [3.05, 3.63) is 57.9 Å². The van der Waals surface area contributed by atoms with E-state index >= 15 is 4.39 Å². The molecule has 0 spiro atoms. The van der Waals surface area contributed by atoms with Gasteiger partial charge in [0.15, 0.2) is 29.1 Å². The SMILES string of the molecule is C[C@H](CC(=O)OC(C)(C)C)[C@H](Nc1nc(Nc2cnc(N3CCOCC3)c(F)c2)c(C#N)cc1F)c1cccs1. The smallest absolute Gasteiger partial charge is 0.306 e. The number of aromatic nitrogens is 2. The molecule has 3 aromatic heterocycles. The van der Waals surface area contributed by atoms with E-state index in [4.69, 9.17) is 9.47 Å². The minimum Gasteiger partial charge on any atom is -0.460 e. The van der Waals surface area contributed by atoms with Crippen molar-refractivity contribution < 1.29 is 23.0 Å². The average Bonchev–Trinajstić information content (AvgIpc) is 3.42. The maximum atomic E-state index is 15.1. The number of halogens is 2. The second-order valence-corrected chi connectivity index (χ2v) is 11.5. The van der Waals surface area contributed by atoms with Gasteiger partial charge in [-0.1, -0.05) is 13.0 Å². The van der Waals surface area contributed by atoms with Gasteiger partial charge in [-0.05, 0) is 44.2 Å². The van der Waals surface area contributed by atoms with Crippen LogP contribution in [0.2, 0.25) is 0 Å². The predicted octanol–water partition coefficient (Wildman–Crippen LogP) is 5.79. The third kappa shape index (κ3) is 7.43. The molecule has 2 N–H and O–H groups in total. The van der Waals surface area contributed by atoms with Crippen LogP contribution in [0.4, 0.5) is 31.9 Å². The Bertz CT molecular complexity index is 1370. The van der Waals surface area contributed by atoms with Crippen LogP contribution < -0.4 is 15.5 Å². The number of hydrogen-bond acceptors (Lipinski definition) is 10. The number of rotatable bonds is 9. The maximum Gasteiger partial charge on any atom is 0.306 e. The van der Waals surface area contributed by atoms with E-state index in [0.717, 1.165) is 10.9 Å². The quantitative estimate of drug-likeness (QED) is 0.309. The number of carbonyl (C=O) groups is 1. The van der Waals surface area contributed by atoms with E-state index in [1.807, 2.05) is 30.5 Å². The van der Waals surface area contributed by atoms with Gasteiger partial charge in [-0.25, -0.2) is 18.7 Å². The van der Waals surface area contributed by atoms with Crippen molar-refractivity contribution in [3.63, 3.8) is 0 Å². The number of hydrogen-bond donors (Lipinski definition) is 2. The zero-order valence-corrected chi connectivity index (χ0v) is 23.6. The average molecular weight is 571 g/mol. The molecule has 0 aromatic carbocycles. The van der Waals surface area contributed by atoms with Crippen molar-refractivity contribution in [2.24, 2.45) is 5.92 Å². The summed E-state index contributed by atoms with van der Waals surface area (Å²) in [5.41, 5.74) is -0.432. The molecule has 1 saturated heterocycles. The van der Waals surface area contributed by atoms with Gasteiger partial charge in [0.1, 0.15) is 11.7 Å². The fraction of sp³-hybridized carbons (Fsp3) is 0.429. The lowest BCUT2D eigenvalue weighted by atomic mass is 9.96. The first-order chi connectivity index (χ1) is 19.0. The zero-order valence-electron chi connectivity index (χ0n) is 22.8. The van der Waals surface area contributed by atoms with Crippen LogP contribution in [0.5, 0.6) is 0 Å². The number of morpholine rings is 1. The monoisotopic (exact) mass is 570 g/mol. The van der Waals surface area contributed by atoms with E-state index in [-0.39, 0.29) is 47.0 Å². The molecule has 4 rings (SSSR count). The van der Waals surface area contributed by atoms with Crippen molar-refractivity contribution in [3.8, 4) is 6.07 Å². The summed E-state index contributed by atoms with van der Waals surface area (Å²) in [4.78, 5) is 23.8. The summed E-state index contributed by atoms with van der Waals surface area (Å²) in [5.74, 6) is -1.80. The Morgan fingerprint density at radius 1 is 1.25 bits per heavy atom. The van der Waals surface area contributed by atoms with Crippen molar-refractivity contribution >= 4 is 40.4 Å². The summed E-state index contributed by atoms with van der Waals surface area (Å²) in [6.07, 6.45) is 1.53. The fourth-order valence-corrected chi connectivity index (χ4v) is 5.20. The van der Waals surface area contributed by atoms with Crippen LogP contribution >= 0.6 is 11.3 Å². The van der Waals surface area contributed by atoms with Crippen LogP contribution in [0, 0.1) is 28.9 Å². The van der Waals surface area contributed by atoms with Gasteiger partial charge in [-0.15, -0.1) is 11.3 Å². The largest absolute Gasteiger partial charge is 0.460 e. The second-order valence-electron chi connectivity index (χ2n) is 10.5. The number of nitrogens with zero attached hydrogens (tertiary/aromatic N) is 4. The van der Waals surface area contributed by atoms with E-state index in [2.05, 4.69) is 20.6 Å². The van der Waals surface area contributed by atoms with Crippen molar-refractivity contribution in [1.29, 1.82) is 5.26 Å². The normalized spacial score (nSPS) is 15.2. The van der Waals surface area contributed by atoms with Gasteiger partial charge in [0, 0.05) is 24.0 Å². The predicted molar refractivity (Wildman–Crippen MR) is 150 cm³/mol. The summed E-state index contributed by atoms with van der Waals surface area (Å²) < 4.78 is 40.8. The first kappa shape index (κ1) is 29.2. The molecule has 4 heterocycles. The highest BCUT2D eigenvalue weighted by Gasteiger charge is 2.27. The lowest BCUT2D eigenvalue weighted by Gasteiger charge is -2.28. The Hall–Kier alpha value is -3.82.